The van der Waals surface area contributed by atoms with Crippen molar-refractivity contribution in [2.24, 2.45) is 0 Å². The van der Waals surface area contributed by atoms with Gasteiger partial charge in [0, 0.05) is 57.2 Å². The zero-order valence-electron chi connectivity index (χ0n) is 19.0. The second-order valence-corrected chi connectivity index (χ2v) is 8.33. The average molecular weight is 424 g/mol. The smallest absolute Gasteiger partial charge is 0.254 e. The first-order chi connectivity index (χ1) is 14.9. The van der Waals surface area contributed by atoms with Crippen LogP contribution in [0.1, 0.15) is 47.7 Å². The fourth-order valence-corrected chi connectivity index (χ4v) is 3.90. The SMILES string of the molecule is CCC(=O)Nc1ccc(N(C)C)c(CN(C[C@@H]2CCCO2)C(=O)c2cccc(C)c2)c1. The number of anilines is 2. The summed E-state index contributed by atoms with van der Waals surface area (Å²) >= 11 is 0. The van der Waals surface area contributed by atoms with E-state index < -0.39 is 0 Å². The van der Waals surface area contributed by atoms with Crippen molar-refractivity contribution >= 4 is 23.2 Å². The van der Waals surface area contributed by atoms with Crippen LogP contribution in [0, 0.1) is 6.92 Å². The molecule has 1 heterocycles. The van der Waals surface area contributed by atoms with Gasteiger partial charge in [0.2, 0.25) is 5.91 Å². The molecule has 31 heavy (non-hydrogen) atoms. The summed E-state index contributed by atoms with van der Waals surface area (Å²) in [6, 6.07) is 13.6. The summed E-state index contributed by atoms with van der Waals surface area (Å²) in [5.74, 6) is -0.0393. The Hall–Kier alpha value is -2.86. The molecule has 0 unspecified atom stereocenters. The standard InChI is InChI=1S/C25H33N3O3/c1-5-24(29)26-21-11-12-23(27(3)4)20(15-21)16-28(17-22-10-7-13-31-22)25(30)19-9-6-8-18(2)14-19/h6,8-9,11-12,14-15,22H,5,7,10,13,16-17H2,1-4H3,(H,26,29)/t22-/m0/s1. The highest BCUT2D eigenvalue weighted by Crippen LogP contribution is 2.26. The average Bonchev–Trinajstić information content (AvgIpc) is 3.25. The molecular formula is C25H33N3O3. The second-order valence-electron chi connectivity index (χ2n) is 8.33. The van der Waals surface area contributed by atoms with Crippen molar-refractivity contribution < 1.29 is 14.3 Å². The molecule has 2 aromatic carbocycles. The maximum absolute atomic E-state index is 13.5. The van der Waals surface area contributed by atoms with Gasteiger partial charge in [-0.15, -0.1) is 0 Å². The van der Waals surface area contributed by atoms with E-state index in [1.165, 1.54) is 0 Å². The summed E-state index contributed by atoms with van der Waals surface area (Å²) in [6.07, 6.45) is 2.46. The third-order valence-corrected chi connectivity index (χ3v) is 5.53. The molecule has 0 radical (unpaired) electrons. The molecule has 3 rings (SSSR count). The summed E-state index contributed by atoms with van der Waals surface area (Å²) < 4.78 is 5.84. The second kappa shape index (κ2) is 10.4. The molecule has 166 valence electrons. The molecule has 1 fully saturated rings. The van der Waals surface area contributed by atoms with Crippen molar-refractivity contribution in [3.8, 4) is 0 Å². The number of amides is 2. The van der Waals surface area contributed by atoms with E-state index in [0.29, 0.717) is 25.1 Å². The lowest BCUT2D eigenvalue weighted by atomic mass is 10.1. The highest BCUT2D eigenvalue weighted by Gasteiger charge is 2.25. The molecule has 2 amide bonds. The number of hydrogen-bond acceptors (Lipinski definition) is 4. The fourth-order valence-electron chi connectivity index (χ4n) is 3.90. The Kier molecular flexibility index (Phi) is 7.69. The predicted octanol–water partition coefficient (Wildman–Crippen LogP) is 4.23. The highest BCUT2D eigenvalue weighted by atomic mass is 16.5. The van der Waals surface area contributed by atoms with Gasteiger partial charge in [0.1, 0.15) is 0 Å². The first kappa shape index (κ1) is 22.8. The van der Waals surface area contributed by atoms with E-state index in [9.17, 15) is 9.59 Å². The van der Waals surface area contributed by atoms with Gasteiger partial charge in [-0.05, 0) is 55.7 Å². The van der Waals surface area contributed by atoms with Gasteiger partial charge in [0.05, 0.1) is 6.10 Å². The van der Waals surface area contributed by atoms with Crippen LogP contribution in [0.2, 0.25) is 0 Å². The molecule has 6 nitrogen and oxygen atoms in total. The Morgan fingerprint density at radius 1 is 1.16 bits per heavy atom. The van der Waals surface area contributed by atoms with Crippen molar-refractivity contribution in [3.63, 3.8) is 0 Å². The van der Waals surface area contributed by atoms with Crippen LogP contribution in [0.15, 0.2) is 42.5 Å². The van der Waals surface area contributed by atoms with Crippen molar-refractivity contribution in [2.45, 2.75) is 45.8 Å². The number of ether oxygens (including phenoxy) is 1. The van der Waals surface area contributed by atoms with Crippen LogP contribution in [-0.2, 0) is 16.1 Å². The lowest BCUT2D eigenvalue weighted by Crippen LogP contribution is -2.37. The van der Waals surface area contributed by atoms with Crippen LogP contribution in [0.25, 0.3) is 0 Å². The molecule has 0 spiro atoms. The van der Waals surface area contributed by atoms with E-state index in [1.807, 2.05) is 80.2 Å². The van der Waals surface area contributed by atoms with Gasteiger partial charge < -0.3 is 19.9 Å². The maximum atomic E-state index is 13.5. The fraction of sp³-hybridized carbons (Fsp3) is 0.440. The highest BCUT2D eigenvalue weighted by molar-refractivity contribution is 5.94. The van der Waals surface area contributed by atoms with Crippen LogP contribution >= 0.6 is 0 Å². The summed E-state index contributed by atoms with van der Waals surface area (Å²) in [4.78, 5) is 29.3. The van der Waals surface area contributed by atoms with E-state index in [4.69, 9.17) is 4.74 Å². The van der Waals surface area contributed by atoms with Gasteiger partial charge in [-0.2, -0.15) is 0 Å². The molecule has 6 heteroatoms. The van der Waals surface area contributed by atoms with Gasteiger partial charge in [0.15, 0.2) is 0 Å². The monoisotopic (exact) mass is 423 g/mol. The molecular weight excluding hydrogens is 390 g/mol. The zero-order chi connectivity index (χ0) is 22.4. The largest absolute Gasteiger partial charge is 0.377 e. The number of nitrogens with zero attached hydrogens (tertiary/aromatic N) is 2. The quantitative estimate of drug-likeness (QED) is 0.690. The minimum Gasteiger partial charge on any atom is -0.377 e. The number of rotatable bonds is 8. The summed E-state index contributed by atoms with van der Waals surface area (Å²) in [5, 5.41) is 2.93. The van der Waals surface area contributed by atoms with Gasteiger partial charge in [0.25, 0.3) is 5.91 Å². The van der Waals surface area contributed by atoms with Crippen molar-refractivity contribution in [2.75, 3.05) is 37.5 Å². The van der Waals surface area contributed by atoms with E-state index in [2.05, 4.69) is 5.32 Å². The normalized spacial score (nSPS) is 15.5. The van der Waals surface area contributed by atoms with Crippen LogP contribution < -0.4 is 10.2 Å². The molecule has 0 saturated carbocycles. The van der Waals surface area contributed by atoms with E-state index >= 15 is 0 Å². The molecule has 0 bridgehead atoms. The number of benzene rings is 2. The van der Waals surface area contributed by atoms with E-state index in [-0.39, 0.29) is 17.9 Å². The molecule has 2 aromatic rings. The van der Waals surface area contributed by atoms with Gasteiger partial charge in [-0.1, -0.05) is 24.6 Å². The van der Waals surface area contributed by atoms with Gasteiger partial charge in [-0.3, -0.25) is 9.59 Å². The molecule has 1 N–H and O–H groups in total. The van der Waals surface area contributed by atoms with Crippen molar-refractivity contribution in [1.82, 2.24) is 4.90 Å². The zero-order valence-corrected chi connectivity index (χ0v) is 19.0. The van der Waals surface area contributed by atoms with Crippen LogP contribution in [0.3, 0.4) is 0 Å². The predicted molar refractivity (Wildman–Crippen MR) is 125 cm³/mol. The Morgan fingerprint density at radius 2 is 1.97 bits per heavy atom. The topological polar surface area (TPSA) is 61.9 Å². The van der Waals surface area contributed by atoms with Gasteiger partial charge >= 0.3 is 0 Å². The Bertz CT molecular complexity index is 920. The number of nitrogens with one attached hydrogen (secondary N) is 1. The number of hydrogen-bond donors (Lipinski definition) is 1. The van der Waals surface area contributed by atoms with Crippen LogP contribution in [0.4, 0.5) is 11.4 Å². The van der Waals surface area contributed by atoms with Crippen molar-refractivity contribution in [1.29, 1.82) is 0 Å². The summed E-state index contributed by atoms with van der Waals surface area (Å²) in [6.45, 7) is 5.55. The minimum atomic E-state index is -0.0319. The Balaban J connectivity index is 1.92. The third kappa shape index (κ3) is 6.07. The summed E-state index contributed by atoms with van der Waals surface area (Å²) in [5.41, 5.74) is 4.48. The number of carbonyl (C=O) groups is 2. The van der Waals surface area contributed by atoms with E-state index in [0.717, 1.165) is 42.0 Å². The molecule has 0 aromatic heterocycles. The first-order valence-corrected chi connectivity index (χ1v) is 10.9. The molecule has 1 saturated heterocycles. The Morgan fingerprint density at radius 3 is 2.61 bits per heavy atom. The molecule has 0 aliphatic carbocycles. The van der Waals surface area contributed by atoms with Crippen molar-refractivity contribution in [3.05, 3.63) is 59.2 Å². The first-order valence-electron chi connectivity index (χ1n) is 10.9. The summed E-state index contributed by atoms with van der Waals surface area (Å²) in [7, 11) is 3.96. The maximum Gasteiger partial charge on any atom is 0.254 e. The lowest BCUT2D eigenvalue weighted by Gasteiger charge is -2.28. The minimum absolute atomic E-state index is 0.00750. The number of carbonyl (C=O) groups excluding carboxylic acids is 2. The van der Waals surface area contributed by atoms with Gasteiger partial charge in [-0.25, -0.2) is 0 Å². The Labute approximate surface area is 185 Å². The van der Waals surface area contributed by atoms with Crippen LogP contribution in [0.5, 0.6) is 0 Å². The van der Waals surface area contributed by atoms with Crippen LogP contribution in [-0.4, -0.2) is 50.1 Å². The number of aryl methyl sites for hydroxylation is 1. The molecule has 1 aliphatic heterocycles. The molecule has 1 aliphatic rings. The van der Waals surface area contributed by atoms with E-state index in [1.54, 1.807) is 0 Å². The lowest BCUT2D eigenvalue weighted by molar-refractivity contribution is -0.115. The molecule has 1 atom stereocenters. The third-order valence-electron chi connectivity index (χ3n) is 5.53.